The predicted molar refractivity (Wildman–Crippen MR) is 112 cm³/mol. The van der Waals surface area contributed by atoms with Gasteiger partial charge in [0.25, 0.3) is 0 Å². The minimum atomic E-state index is -0.0434. The number of amides is 1. The van der Waals surface area contributed by atoms with Crippen molar-refractivity contribution in [2.45, 2.75) is 57.7 Å². The zero-order chi connectivity index (χ0) is 20.1. The van der Waals surface area contributed by atoms with Crippen molar-refractivity contribution >= 4 is 5.91 Å². The fourth-order valence-electron chi connectivity index (χ4n) is 4.69. The van der Waals surface area contributed by atoms with Crippen LogP contribution in [0.4, 0.5) is 0 Å². The molecule has 1 aromatic heterocycles. The maximum atomic E-state index is 12.4. The highest BCUT2D eigenvalue weighted by Crippen LogP contribution is 2.39. The molecule has 2 aliphatic heterocycles. The number of likely N-dealkylation sites (tertiary alicyclic amines) is 1. The molecule has 2 aliphatic rings. The second kappa shape index (κ2) is 9.14. The van der Waals surface area contributed by atoms with Crippen LogP contribution in [0.25, 0.3) is 0 Å². The van der Waals surface area contributed by atoms with Crippen LogP contribution < -0.4 is 5.32 Å². The summed E-state index contributed by atoms with van der Waals surface area (Å²) in [5.41, 5.74) is 1.10. The molecule has 4 rings (SSSR count). The van der Waals surface area contributed by atoms with E-state index in [2.05, 4.69) is 16.3 Å². The van der Waals surface area contributed by atoms with Crippen LogP contribution in [-0.4, -0.2) is 36.1 Å². The van der Waals surface area contributed by atoms with Gasteiger partial charge in [-0.1, -0.05) is 30.3 Å². The molecule has 1 spiro atoms. The van der Waals surface area contributed by atoms with Gasteiger partial charge in [-0.2, -0.15) is 0 Å². The van der Waals surface area contributed by atoms with E-state index in [9.17, 15) is 4.79 Å². The molecule has 1 amide bonds. The normalized spacial score (nSPS) is 21.9. The first kappa shape index (κ1) is 20.2. The van der Waals surface area contributed by atoms with E-state index < -0.39 is 0 Å². The smallest absolute Gasteiger partial charge is 0.220 e. The Balaban J connectivity index is 1.23. The average molecular weight is 397 g/mol. The standard InChI is InChI=1S/C24H32N2O3/c1-19-7-8-22(29-19)18-26-12-10-24(11-13-26)16-21(9-14-28-24)15-23(27)25-17-20-5-3-2-4-6-20/h2-8,21H,9-18H2,1H3,(H,25,27). The summed E-state index contributed by atoms with van der Waals surface area (Å²) in [5.74, 6) is 2.58. The predicted octanol–water partition coefficient (Wildman–Crippen LogP) is 4.06. The van der Waals surface area contributed by atoms with E-state index in [4.69, 9.17) is 9.15 Å². The Kier molecular flexibility index (Phi) is 6.36. The number of nitrogens with zero attached hydrogens (tertiary/aromatic N) is 1. The quantitative estimate of drug-likeness (QED) is 0.800. The van der Waals surface area contributed by atoms with Crippen molar-refractivity contribution in [3.05, 3.63) is 59.5 Å². The molecular formula is C24H32N2O3. The third-order valence-corrected chi connectivity index (χ3v) is 6.34. The van der Waals surface area contributed by atoms with E-state index in [1.54, 1.807) is 0 Å². The van der Waals surface area contributed by atoms with Gasteiger partial charge in [-0.05, 0) is 56.2 Å². The molecule has 0 radical (unpaired) electrons. The number of carbonyl (C=O) groups excluding carboxylic acids is 1. The second-order valence-corrected chi connectivity index (χ2v) is 8.65. The van der Waals surface area contributed by atoms with Crippen molar-refractivity contribution in [2.75, 3.05) is 19.7 Å². The fourth-order valence-corrected chi connectivity index (χ4v) is 4.69. The summed E-state index contributed by atoms with van der Waals surface area (Å²) >= 11 is 0. The monoisotopic (exact) mass is 396 g/mol. The summed E-state index contributed by atoms with van der Waals surface area (Å²) in [6, 6.07) is 14.2. The molecule has 2 saturated heterocycles. The Labute approximate surface area is 173 Å². The zero-order valence-corrected chi connectivity index (χ0v) is 17.4. The van der Waals surface area contributed by atoms with Gasteiger partial charge in [0, 0.05) is 32.7 Å². The van der Waals surface area contributed by atoms with Crippen LogP contribution in [0.2, 0.25) is 0 Å². The first-order chi connectivity index (χ1) is 14.1. The summed E-state index contributed by atoms with van der Waals surface area (Å²) in [5, 5.41) is 3.08. The van der Waals surface area contributed by atoms with E-state index in [1.165, 1.54) is 0 Å². The first-order valence-corrected chi connectivity index (χ1v) is 10.8. The van der Waals surface area contributed by atoms with Crippen molar-refractivity contribution in [1.82, 2.24) is 10.2 Å². The van der Waals surface area contributed by atoms with Crippen molar-refractivity contribution in [3.63, 3.8) is 0 Å². The van der Waals surface area contributed by atoms with E-state index in [0.29, 0.717) is 18.9 Å². The minimum Gasteiger partial charge on any atom is -0.465 e. The molecule has 1 atom stereocenters. The molecule has 2 fully saturated rings. The maximum Gasteiger partial charge on any atom is 0.220 e. The molecule has 3 heterocycles. The molecule has 1 N–H and O–H groups in total. The number of benzene rings is 1. The number of nitrogens with one attached hydrogen (secondary N) is 1. The molecule has 0 aliphatic carbocycles. The van der Waals surface area contributed by atoms with Crippen molar-refractivity contribution in [3.8, 4) is 0 Å². The van der Waals surface area contributed by atoms with Gasteiger partial charge in [-0.3, -0.25) is 9.69 Å². The van der Waals surface area contributed by atoms with Gasteiger partial charge in [0.05, 0.1) is 12.1 Å². The average Bonchev–Trinajstić information content (AvgIpc) is 3.14. The van der Waals surface area contributed by atoms with Gasteiger partial charge in [0.2, 0.25) is 5.91 Å². The van der Waals surface area contributed by atoms with Gasteiger partial charge >= 0.3 is 0 Å². The summed E-state index contributed by atoms with van der Waals surface area (Å²) in [4.78, 5) is 14.9. The highest BCUT2D eigenvalue weighted by molar-refractivity contribution is 5.76. The van der Waals surface area contributed by atoms with Gasteiger partial charge < -0.3 is 14.5 Å². The Morgan fingerprint density at radius 1 is 1.17 bits per heavy atom. The molecular weight excluding hydrogens is 364 g/mol. The fraction of sp³-hybridized carbons (Fsp3) is 0.542. The van der Waals surface area contributed by atoms with Crippen LogP contribution >= 0.6 is 0 Å². The largest absolute Gasteiger partial charge is 0.465 e. The van der Waals surface area contributed by atoms with Crippen molar-refractivity contribution in [2.24, 2.45) is 5.92 Å². The van der Waals surface area contributed by atoms with Crippen molar-refractivity contribution in [1.29, 1.82) is 0 Å². The maximum absolute atomic E-state index is 12.4. The molecule has 2 aromatic rings. The molecule has 29 heavy (non-hydrogen) atoms. The molecule has 1 aromatic carbocycles. The van der Waals surface area contributed by atoms with Gasteiger partial charge in [-0.15, -0.1) is 0 Å². The van der Waals surface area contributed by atoms with E-state index in [-0.39, 0.29) is 11.5 Å². The lowest BCUT2D eigenvalue weighted by atomic mass is 9.78. The SMILES string of the molecule is Cc1ccc(CN2CCC3(CC2)CC(CC(=O)NCc2ccccc2)CCO3)o1. The Bertz CT molecular complexity index is 793. The first-order valence-electron chi connectivity index (χ1n) is 10.8. The zero-order valence-electron chi connectivity index (χ0n) is 17.4. The Morgan fingerprint density at radius 3 is 2.69 bits per heavy atom. The second-order valence-electron chi connectivity index (χ2n) is 8.65. The topological polar surface area (TPSA) is 54.7 Å². The molecule has 156 valence electrons. The summed E-state index contributed by atoms with van der Waals surface area (Å²) in [6.07, 6.45) is 4.66. The summed E-state index contributed by atoms with van der Waals surface area (Å²) < 4.78 is 12.0. The molecule has 0 bridgehead atoms. The van der Waals surface area contributed by atoms with Crippen LogP contribution in [-0.2, 0) is 22.6 Å². The van der Waals surface area contributed by atoms with E-state index in [1.807, 2.05) is 43.3 Å². The minimum absolute atomic E-state index is 0.0434. The number of piperidine rings is 1. The number of carbonyl (C=O) groups is 1. The number of furan rings is 1. The lowest BCUT2D eigenvalue weighted by molar-refractivity contribution is -0.136. The number of rotatable bonds is 6. The molecule has 0 saturated carbocycles. The van der Waals surface area contributed by atoms with Crippen molar-refractivity contribution < 1.29 is 13.9 Å². The lowest BCUT2D eigenvalue weighted by Gasteiger charge is -2.46. The summed E-state index contributed by atoms with van der Waals surface area (Å²) in [6.45, 7) is 6.28. The lowest BCUT2D eigenvalue weighted by Crippen LogP contribution is -2.49. The van der Waals surface area contributed by atoms with E-state index >= 15 is 0 Å². The van der Waals surface area contributed by atoms with E-state index in [0.717, 1.165) is 69.0 Å². The molecule has 5 heteroatoms. The highest BCUT2D eigenvalue weighted by atomic mass is 16.5. The number of hydrogen-bond donors (Lipinski definition) is 1. The summed E-state index contributed by atoms with van der Waals surface area (Å²) in [7, 11) is 0. The van der Waals surface area contributed by atoms with Gasteiger partial charge in [0.1, 0.15) is 11.5 Å². The van der Waals surface area contributed by atoms with Crippen LogP contribution in [0, 0.1) is 12.8 Å². The van der Waals surface area contributed by atoms with Crippen LogP contribution in [0.5, 0.6) is 0 Å². The molecule has 5 nitrogen and oxygen atoms in total. The third-order valence-electron chi connectivity index (χ3n) is 6.34. The van der Waals surface area contributed by atoms with Gasteiger partial charge in [-0.25, -0.2) is 0 Å². The van der Waals surface area contributed by atoms with Crippen LogP contribution in [0.1, 0.15) is 49.2 Å². The third kappa shape index (κ3) is 5.49. The number of aryl methyl sites for hydroxylation is 1. The van der Waals surface area contributed by atoms with Gasteiger partial charge in [0.15, 0.2) is 0 Å². The Hall–Kier alpha value is -2.11. The number of ether oxygens (including phenoxy) is 1. The van der Waals surface area contributed by atoms with Crippen LogP contribution in [0.15, 0.2) is 46.9 Å². The highest BCUT2D eigenvalue weighted by Gasteiger charge is 2.40. The van der Waals surface area contributed by atoms with Crippen LogP contribution in [0.3, 0.4) is 0 Å². The molecule has 1 unspecified atom stereocenters. The Morgan fingerprint density at radius 2 is 1.97 bits per heavy atom. The number of hydrogen-bond acceptors (Lipinski definition) is 4.